The monoisotopic (exact) mass is 506 g/mol. The van der Waals surface area contributed by atoms with Gasteiger partial charge in [-0.25, -0.2) is 0 Å². The van der Waals surface area contributed by atoms with Gasteiger partial charge in [0.05, 0.1) is 5.75 Å². The molecule has 2 aromatic carbocycles. The van der Waals surface area contributed by atoms with Gasteiger partial charge in [-0.2, -0.15) is 0 Å². The Balaban J connectivity index is 1.70. The van der Waals surface area contributed by atoms with Crippen LogP contribution in [0.3, 0.4) is 0 Å². The van der Waals surface area contributed by atoms with Gasteiger partial charge in [-0.05, 0) is 44.4 Å². The topological polar surface area (TPSA) is 49.4 Å². The molecular formula is C26H32Cl2N2O2S. The van der Waals surface area contributed by atoms with Gasteiger partial charge in [0.15, 0.2) is 0 Å². The minimum Gasteiger partial charge on any atom is -0.352 e. The van der Waals surface area contributed by atoms with E-state index in [1.807, 2.05) is 6.07 Å². The highest BCUT2D eigenvalue weighted by Gasteiger charge is 2.29. The molecule has 33 heavy (non-hydrogen) atoms. The molecule has 1 fully saturated rings. The second-order valence-electron chi connectivity index (χ2n) is 8.72. The van der Waals surface area contributed by atoms with E-state index in [1.54, 1.807) is 41.8 Å². The van der Waals surface area contributed by atoms with E-state index in [9.17, 15) is 9.59 Å². The van der Waals surface area contributed by atoms with Crippen LogP contribution < -0.4 is 5.32 Å². The number of nitrogens with one attached hydrogen (secondary N) is 1. The summed E-state index contributed by atoms with van der Waals surface area (Å²) in [6.45, 7) is 4.04. The van der Waals surface area contributed by atoms with Crippen molar-refractivity contribution in [1.82, 2.24) is 10.2 Å². The lowest BCUT2D eigenvalue weighted by Crippen LogP contribution is -2.50. The van der Waals surface area contributed by atoms with Crippen molar-refractivity contribution in [3.8, 4) is 0 Å². The van der Waals surface area contributed by atoms with Crippen LogP contribution in [0.15, 0.2) is 42.5 Å². The average molecular weight is 508 g/mol. The van der Waals surface area contributed by atoms with E-state index in [1.165, 1.54) is 17.5 Å². The van der Waals surface area contributed by atoms with Crippen molar-refractivity contribution in [2.24, 2.45) is 0 Å². The predicted molar refractivity (Wildman–Crippen MR) is 139 cm³/mol. The van der Waals surface area contributed by atoms with Crippen molar-refractivity contribution in [3.63, 3.8) is 0 Å². The van der Waals surface area contributed by atoms with Gasteiger partial charge < -0.3 is 10.2 Å². The van der Waals surface area contributed by atoms with Gasteiger partial charge in [-0.1, -0.05) is 78.4 Å². The molecule has 178 valence electrons. The van der Waals surface area contributed by atoms with E-state index in [0.29, 0.717) is 15.6 Å². The molecular weight excluding hydrogens is 475 g/mol. The number of amides is 2. The maximum atomic E-state index is 13.3. The number of halogens is 2. The first kappa shape index (κ1) is 25.9. The molecule has 0 bridgehead atoms. The third-order valence-corrected chi connectivity index (χ3v) is 7.78. The Bertz CT molecular complexity index is 943. The molecule has 0 spiro atoms. The molecule has 2 aromatic rings. The smallest absolute Gasteiger partial charge is 0.242 e. The number of hydrogen-bond acceptors (Lipinski definition) is 3. The highest BCUT2D eigenvalue weighted by Crippen LogP contribution is 2.27. The number of nitrogens with zero attached hydrogens (tertiary/aromatic N) is 1. The minimum absolute atomic E-state index is 0.102. The van der Waals surface area contributed by atoms with Crippen LogP contribution in [0.5, 0.6) is 0 Å². The first-order valence-electron chi connectivity index (χ1n) is 11.5. The van der Waals surface area contributed by atoms with Crippen LogP contribution in [0.4, 0.5) is 0 Å². The van der Waals surface area contributed by atoms with Crippen molar-refractivity contribution in [2.75, 3.05) is 5.75 Å². The Hall–Kier alpha value is -1.69. The Morgan fingerprint density at radius 3 is 2.42 bits per heavy atom. The van der Waals surface area contributed by atoms with Crippen molar-refractivity contribution in [2.45, 2.75) is 70.3 Å². The summed E-state index contributed by atoms with van der Waals surface area (Å²) in [4.78, 5) is 28.0. The van der Waals surface area contributed by atoms with Gasteiger partial charge >= 0.3 is 0 Å². The molecule has 1 aliphatic rings. The maximum absolute atomic E-state index is 13.3. The fraction of sp³-hybridized carbons (Fsp3) is 0.462. The van der Waals surface area contributed by atoms with Crippen LogP contribution in [0.1, 0.15) is 55.7 Å². The molecule has 1 saturated carbocycles. The largest absolute Gasteiger partial charge is 0.352 e. The van der Waals surface area contributed by atoms with Gasteiger partial charge in [-0.3, -0.25) is 9.59 Å². The second-order valence-corrected chi connectivity index (χ2v) is 10.5. The summed E-state index contributed by atoms with van der Waals surface area (Å²) < 4.78 is 0. The van der Waals surface area contributed by atoms with Gasteiger partial charge in [0.2, 0.25) is 11.8 Å². The lowest BCUT2D eigenvalue weighted by atomic mass is 9.95. The third-order valence-electron chi connectivity index (χ3n) is 6.09. The number of hydrogen-bond donors (Lipinski definition) is 1. The standard InChI is InChI=1S/C26H32Cl2N2O2S/c1-18-8-6-9-20(14-18)16-33-17-25(31)30(15-22-23(27)12-7-13-24(22)28)19(2)26(32)29-21-10-4-3-5-11-21/h6-9,12-14,19,21H,3-5,10-11,15-17H2,1-2H3,(H,29,32)/t19-/m0/s1. The maximum Gasteiger partial charge on any atom is 0.242 e. The summed E-state index contributed by atoms with van der Waals surface area (Å²) >= 11 is 14.3. The molecule has 7 heteroatoms. The van der Waals surface area contributed by atoms with Crippen molar-refractivity contribution in [3.05, 3.63) is 69.2 Å². The lowest BCUT2D eigenvalue weighted by Gasteiger charge is -2.31. The van der Waals surface area contributed by atoms with Crippen LogP contribution in [0, 0.1) is 6.92 Å². The Morgan fingerprint density at radius 1 is 1.09 bits per heavy atom. The molecule has 1 N–H and O–H groups in total. The molecule has 3 rings (SSSR count). The van der Waals surface area contributed by atoms with Crippen molar-refractivity contribution < 1.29 is 9.59 Å². The minimum atomic E-state index is -0.619. The molecule has 0 aromatic heterocycles. The normalized spacial score (nSPS) is 15.2. The van der Waals surface area contributed by atoms with Crippen LogP contribution in [0.2, 0.25) is 10.0 Å². The van der Waals surface area contributed by atoms with Gasteiger partial charge in [0, 0.05) is 33.9 Å². The van der Waals surface area contributed by atoms with E-state index in [0.717, 1.165) is 31.4 Å². The number of carbonyl (C=O) groups excluding carboxylic acids is 2. The SMILES string of the molecule is Cc1cccc(CSCC(=O)N(Cc2c(Cl)cccc2Cl)[C@@H](C)C(=O)NC2CCCCC2)c1. The molecule has 4 nitrogen and oxygen atoms in total. The number of thioether (sulfide) groups is 1. The van der Waals surface area contributed by atoms with E-state index in [4.69, 9.17) is 23.2 Å². The van der Waals surface area contributed by atoms with Crippen molar-refractivity contribution >= 4 is 46.8 Å². The van der Waals surface area contributed by atoms with E-state index in [-0.39, 0.29) is 30.2 Å². The van der Waals surface area contributed by atoms with E-state index >= 15 is 0 Å². The molecule has 0 saturated heterocycles. The summed E-state index contributed by atoms with van der Waals surface area (Å²) in [5, 5.41) is 4.14. The lowest BCUT2D eigenvalue weighted by molar-refractivity contribution is -0.139. The first-order valence-corrected chi connectivity index (χ1v) is 13.4. The van der Waals surface area contributed by atoms with Gasteiger partial charge in [-0.15, -0.1) is 11.8 Å². The highest BCUT2D eigenvalue weighted by molar-refractivity contribution is 7.99. The predicted octanol–water partition coefficient (Wildman–Crippen LogP) is 6.40. The fourth-order valence-corrected chi connectivity index (χ4v) is 5.52. The summed E-state index contributed by atoms with van der Waals surface area (Å²) in [6.07, 6.45) is 5.47. The van der Waals surface area contributed by atoms with Crippen LogP contribution in [-0.2, 0) is 21.9 Å². The summed E-state index contributed by atoms with van der Waals surface area (Å²) in [6, 6.07) is 13.1. The number of rotatable bonds is 9. The molecule has 0 heterocycles. The molecule has 0 unspecified atom stereocenters. The number of aryl methyl sites for hydroxylation is 1. The molecule has 1 atom stereocenters. The molecule has 1 aliphatic carbocycles. The van der Waals surface area contributed by atoms with E-state index in [2.05, 4.69) is 30.4 Å². The zero-order valence-electron chi connectivity index (χ0n) is 19.3. The average Bonchev–Trinajstić information content (AvgIpc) is 2.79. The highest BCUT2D eigenvalue weighted by atomic mass is 35.5. The zero-order valence-corrected chi connectivity index (χ0v) is 21.6. The van der Waals surface area contributed by atoms with E-state index < -0.39 is 6.04 Å². The first-order chi connectivity index (χ1) is 15.8. The third kappa shape index (κ3) is 7.66. The quantitative estimate of drug-likeness (QED) is 0.427. The molecule has 0 radical (unpaired) electrons. The Morgan fingerprint density at radius 2 is 1.76 bits per heavy atom. The summed E-state index contributed by atoms with van der Waals surface area (Å²) in [7, 11) is 0. The van der Waals surface area contributed by atoms with Crippen molar-refractivity contribution in [1.29, 1.82) is 0 Å². The molecule has 2 amide bonds. The van der Waals surface area contributed by atoms with Crippen LogP contribution >= 0.6 is 35.0 Å². The Labute approximate surface area is 211 Å². The zero-order chi connectivity index (χ0) is 23.8. The summed E-state index contributed by atoms with van der Waals surface area (Å²) in [5.74, 6) is 0.783. The fourth-order valence-electron chi connectivity index (χ4n) is 4.15. The second kappa shape index (κ2) is 12.7. The Kier molecular flexibility index (Phi) is 9.96. The molecule has 0 aliphatic heterocycles. The number of carbonyl (C=O) groups is 2. The summed E-state index contributed by atoms with van der Waals surface area (Å²) in [5.41, 5.74) is 3.04. The van der Waals surface area contributed by atoms with Gasteiger partial charge in [0.25, 0.3) is 0 Å². The van der Waals surface area contributed by atoms with Crippen LogP contribution in [-0.4, -0.2) is 34.6 Å². The number of benzene rings is 2. The van der Waals surface area contributed by atoms with Crippen LogP contribution in [0.25, 0.3) is 0 Å². The van der Waals surface area contributed by atoms with Gasteiger partial charge in [0.1, 0.15) is 6.04 Å².